The number of rotatable bonds is 7. The summed E-state index contributed by atoms with van der Waals surface area (Å²) >= 11 is 0. The highest BCUT2D eigenvalue weighted by Crippen LogP contribution is 2.21. The van der Waals surface area contributed by atoms with Crippen molar-refractivity contribution in [3.63, 3.8) is 0 Å². The molecule has 0 amide bonds. The lowest BCUT2D eigenvalue weighted by atomic mass is 10.1. The fraction of sp³-hybridized carbons (Fsp3) is 0.190. The Morgan fingerprint density at radius 3 is 2.00 bits per heavy atom. The van der Waals surface area contributed by atoms with Crippen LogP contribution in [0.25, 0.3) is 0 Å². The smallest absolute Gasteiger partial charge is 0.118 e. The average Bonchev–Trinajstić information content (AvgIpc) is 2.69. The van der Waals surface area contributed by atoms with E-state index in [1.165, 1.54) is 11.1 Å². The lowest BCUT2D eigenvalue weighted by molar-refractivity contribution is 0.282. The van der Waals surface area contributed by atoms with Gasteiger partial charge in [-0.25, -0.2) is 0 Å². The van der Waals surface area contributed by atoms with Gasteiger partial charge < -0.3 is 14.7 Å². The second-order valence-electron chi connectivity index (χ2n) is 5.89. The summed E-state index contributed by atoms with van der Waals surface area (Å²) in [5.74, 6) is 0.858. The molecule has 0 aliphatic rings. The normalized spacial score (nSPS) is 10.5. The van der Waals surface area contributed by atoms with Gasteiger partial charge in [0.05, 0.1) is 25.6 Å². The Kier molecular flexibility index (Phi) is 5.65. The molecule has 0 aliphatic carbocycles. The van der Waals surface area contributed by atoms with E-state index in [2.05, 4.69) is 40.2 Å². The van der Waals surface area contributed by atoms with Crippen LogP contribution in [0.1, 0.15) is 16.7 Å². The summed E-state index contributed by atoms with van der Waals surface area (Å²) in [6.45, 7) is 1.61. The van der Waals surface area contributed by atoms with Gasteiger partial charge in [0.1, 0.15) is 5.75 Å². The molecule has 3 aromatic rings. The summed E-state index contributed by atoms with van der Waals surface area (Å²) in [6.07, 6.45) is 3.66. The SMILES string of the molecule is COc1ccc(CN(Cc2ccc(CO)cc2)c2cccnc2)cc1. The predicted octanol–water partition coefficient (Wildman–Crippen LogP) is 3.79. The topological polar surface area (TPSA) is 45.6 Å². The summed E-state index contributed by atoms with van der Waals surface area (Å²) in [4.78, 5) is 6.53. The molecule has 25 heavy (non-hydrogen) atoms. The molecule has 0 bridgehead atoms. The molecule has 1 heterocycles. The molecule has 3 rings (SSSR count). The summed E-state index contributed by atoms with van der Waals surface area (Å²) in [5.41, 5.74) is 4.39. The minimum absolute atomic E-state index is 0.0679. The van der Waals surface area contributed by atoms with Crippen LogP contribution < -0.4 is 9.64 Å². The number of benzene rings is 2. The van der Waals surface area contributed by atoms with Crippen molar-refractivity contribution in [2.24, 2.45) is 0 Å². The molecule has 4 heteroatoms. The fourth-order valence-corrected chi connectivity index (χ4v) is 2.70. The number of methoxy groups -OCH3 is 1. The van der Waals surface area contributed by atoms with Crippen LogP contribution in [0.3, 0.4) is 0 Å². The molecule has 1 N–H and O–H groups in total. The van der Waals surface area contributed by atoms with Crippen LogP contribution in [0, 0.1) is 0 Å². The lowest BCUT2D eigenvalue weighted by Crippen LogP contribution is -2.22. The summed E-state index contributed by atoms with van der Waals surface area (Å²) < 4.78 is 5.23. The fourth-order valence-electron chi connectivity index (χ4n) is 2.70. The number of aromatic nitrogens is 1. The highest BCUT2D eigenvalue weighted by atomic mass is 16.5. The van der Waals surface area contributed by atoms with Gasteiger partial charge in [0, 0.05) is 19.3 Å². The van der Waals surface area contributed by atoms with E-state index in [0.29, 0.717) is 0 Å². The van der Waals surface area contributed by atoms with Gasteiger partial charge in [-0.05, 0) is 41.0 Å². The summed E-state index contributed by atoms with van der Waals surface area (Å²) in [5, 5.41) is 9.20. The molecule has 0 atom stereocenters. The van der Waals surface area contributed by atoms with E-state index in [1.807, 2.05) is 36.5 Å². The van der Waals surface area contributed by atoms with Gasteiger partial charge in [-0.2, -0.15) is 0 Å². The molecule has 1 aromatic heterocycles. The number of aliphatic hydroxyl groups is 1. The van der Waals surface area contributed by atoms with Gasteiger partial charge in [0.25, 0.3) is 0 Å². The first-order valence-corrected chi connectivity index (χ1v) is 8.25. The highest BCUT2D eigenvalue weighted by Gasteiger charge is 2.09. The molecule has 0 spiro atoms. The Morgan fingerprint density at radius 2 is 1.48 bits per heavy atom. The molecule has 4 nitrogen and oxygen atoms in total. The summed E-state index contributed by atoms with van der Waals surface area (Å²) in [7, 11) is 1.67. The van der Waals surface area contributed by atoms with Crippen molar-refractivity contribution < 1.29 is 9.84 Å². The maximum atomic E-state index is 9.20. The number of aliphatic hydroxyl groups excluding tert-OH is 1. The lowest BCUT2D eigenvalue weighted by Gasteiger charge is -2.25. The Bertz CT molecular complexity index is 722. The van der Waals surface area contributed by atoms with Gasteiger partial charge in [0.15, 0.2) is 0 Å². The minimum atomic E-state index is 0.0679. The molecule has 0 radical (unpaired) electrons. The molecule has 0 saturated carbocycles. The average molecular weight is 334 g/mol. The third-order valence-electron chi connectivity index (χ3n) is 4.12. The van der Waals surface area contributed by atoms with Crippen molar-refractivity contribution in [1.29, 1.82) is 0 Å². The molecule has 0 saturated heterocycles. The van der Waals surface area contributed by atoms with E-state index in [1.54, 1.807) is 13.3 Å². The maximum absolute atomic E-state index is 9.20. The van der Waals surface area contributed by atoms with Crippen molar-refractivity contribution >= 4 is 5.69 Å². The van der Waals surface area contributed by atoms with E-state index < -0.39 is 0 Å². The number of hydrogen-bond donors (Lipinski definition) is 1. The number of hydrogen-bond acceptors (Lipinski definition) is 4. The first kappa shape index (κ1) is 17.0. The van der Waals surface area contributed by atoms with Gasteiger partial charge in [-0.15, -0.1) is 0 Å². The van der Waals surface area contributed by atoms with Crippen LogP contribution in [0.15, 0.2) is 73.1 Å². The third kappa shape index (κ3) is 4.58. The Balaban J connectivity index is 1.81. The van der Waals surface area contributed by atoms with Crippen molar-refractivity contribution in [1.82, 2.24) is 4.98 Å². The van der Waals surface area contributed by atoms with Crippen LogP contribution in [0.4, 0.5) is 5.69 Å². The molecule has 0 aliphatic heterocycles. The van der Waals surface area contributed by atoms with Gasteiger partial charge >= 0.3 is 0 Å². The van der Waals surface area contributed by atoms with E-state index in [9.17, 15) is 5.11 Å². The Morgan fingerprint density at radius 1 is 0.880 bits per heavy atom. The van der Waals surface area contributed by atoms with E-state index in [0.717, 1.165) is 30.1 Å². The van der Waals surface area contributed by atoms with Crippen LogP contribution in [0.5, 0.6) is 5.75 Å². The minimum Gasteiger partial charge on any atom is -0.497 e. The molecule has 2 aromatic carbocycles. The second-order valence-corrected chi connectivity index (χ2v) is 5.89. The highest BCUT2D eigenvalue weighted by molar-refractivity contribution is 5.46. The number of pyridine rings is 1. The maximum Gasteiger partial charge on any atom is 0.118 e. The number of ether oxygens (including phenoxy) is 1. The zero-order valence-corrected chi connectivity index (χ0v) is 14.3. The molecule has 128 valence electrons. The first-order valence-electron chi connectivity index (χ1n) is 8.25. The summed E-state index contributed by atoms with van der Waals surface area (Å²) in [6, 6.07) is 20.2. The zero-order valence-electron chi connectivity index (χ0n) is 14.3. The van der Waals surface area contributed by atoms with Gasteiger partial charge in [-0.3, -0.25) is 4.98 Å². The van der Waals surface area contributed by atoms with E-state index >= 15 is 0 Å². The molecular weight excluding hydrogens is 312 g/mol. The van der Waals surface area contributed by atoms with Gasteiger partial charge in [0.2, 0.25) is 0 Å². The van der Waals surface area contributed by atoms with Crippen LogP contribution in [0.2, 0.25) is 0 Å². The Hall–Kier alpha value is -2.85. The Labute approximate surface area is 148 Å². The first-order chi connectivity index (χ1) is 12.3. The van der Waals surface area contributed by atoms with Crippen LogP contribution in [-0.2, 0) is 19.7 Å². The van der Waals surface area contributed by atoms with E-state index in [4.69, 9.17) is 4.74 Å². The quantitative estimate of drug-likeness (QED) is 0.714. The number of nitrogens with zero attached hydrogens (tertiary/aromatic N) is 2. The van der Waals surface area contributed by atoms with Crippen LogP contribution >= 0.6 is 0 Å². The van der Waals surface area contributed by atoms with E-state index in [-0.39, 0.29) is 6.61 Å². The van der Waals surface area contributed by atoms with Crippen molar-refractivity contribution in [2.45, 2.75) is 19.7 Å². The predicted molar refractivity (Wildman–Crippen MR) is 99.5 cm³/mol. The van der Waals surface area contributed by atoms with Gasteiger partial charge in [-0.1, -0.05) is 36.4 Å². The molecular formula is C21H22N2O2. The third-order valence-corrected chi connectivity index (χ3v) is 4.12. The molecule has 0 unspecified atom stereocenters. The number of anilines is 1. The monoisotopic (exact) mass is 334 g/mol. The second kappa shape index (κ2) is 8.31. The van der Waals surface area contributed by atoms with Crippen LogP contribution in [-0.4, -0.2) is 17.2 Å². The zero-order chi connectivity index (χ0) is 17.5. The molecule has 0 fully saturated rings. The van der Waals surface area contributed by atoms with Crippen molar-refractivity contribution in [3.8, 4) is 5.75 Å². The largest absolute Gasteiger partial charge is 0.497 e. The standard InChI is InChI=1S/C21H22N2O2/c1-25-21-10-8-18(9-11-21)15-23(20-3-2-12-22-13-20)14-17-4-6-19(16-24)7-5-17/h2-13,24H,14-16H2,1H3. The van der Waals surface area contributed by atoms with Crippen molar-refractivity contribution in [3.05, 3.63) is 89.7 Å². The van der Waals surface area contributed by atoms with Crippen molar-refractivity contribution in [2.75, 3.05) is 12.0 Å².